The first kappa shape index (κ1) is 14.9. The summed E-state index contributed by atoms with van der Waals surface area (Å²) in [6.45, 7) is 3.42. The molecule has 0 heterocycles. The highest BCUT2D eigenvalue weighted by Gasteiger charge is 2.22. The van der Waals surface area contributed by atoms with Gasteiger partial charge in [-0.25, -0.2) is 4.39 Å². The summed E-state index contributed by atoms with van der Waals surface area (Å²) in [6, 6.07) is 3.79. The monoisotopic (exact) mass is 268 g/mol. The summed E-state index contributed by atoms with van der Waals surface area (Å²) in [5, 5.41) is 11.3. The van der Waals surface area contributed by atoms with Gasteiger partial charge in [-0.1, -0.05) is 0 Å². The lowest BCUT2D eigenvalue weighted by Gasteiger charge is -2.25. The highest BCUT2D eigenvalue weighted by Crippen LogP contribution is 2.15. The highest BCUT2D eigenvalue weighted by atomic mass is 19.1. The van der Waals surface area contributed by atoms with Gasteiger partial charge in [-0.2, -0.15) is 0 Å². The molecule has 1 aromatic rings. The van der Waals surface area contributed by atoms with Gasteiger partial charge in [0.15, 0.2) is 0 Å². The number of carbonyl (C=O) groups is 2. The Morgan fingerprint density at radius 2 is 2.05 bits per heavy atom. The summed E-state index contributed by atoms with van der Waals surface area (Å²) >= 11 is 0. The molecule has 0 aliphatic carbocycles. The van der Waals surface area contributed by atoms with Crippen molar-refractivity contribution in [1.29, 1.82) is 0 Å². The molecule has 1 aromatic carbocycles. The Kier molecular flexibility index (Phi) is 4.47. The van der Waals surface area contributed by atoms with Crippen molar-refractivity contribution in [2.75, 3.05) is 5.73 Å². The van der Waals surface area contributed by atoms with Crippen molar-refractivity contribution < 1.29 is 19.1 Å². The molecule has 0 aliphatic rings. The van der Waals surface area contributed by atoms with Crippen molar-refractivity contribution in [3.8, 4) is 0 Å². The molecule has 0 saturated carbocycles. The predicted molar refractivity (Wildman–Crippen MR) is 69.2 cm³/mol. The van der Waals surface area contributed by atoms with Crippen LogP contribution in [-0.4, -0.2) is 22.5 Å². The summed E-state index contributed by atoms with van der Waals surface area (Å²) in [5.41, 5.74) is 4.76. The number of nitrogen functional groups attached to an aromatic ring is 1. The van der Waals surface area contributed by atoms with Crippen LogP contribution < -0.4 is 11.1 Å². The number of nitrogens with one attached hydrogen (secondary N) is 1. The number of nitrogens with two attached hydrogens (primary N) is 1. The van der Waals surface area contributed by atoms with E-state index < -0.39 is 23.2 Å². The molecule has 0 saturated heterocycles. The van der Waals surface area contributed by atoms with Crippen LogP contribution in [0.5, 0.6) is 0 Å². The minimum Gasteiger partial charge on any atom is -0.481 e. The predicted octanol–water partition coefficient (Wildman–Crippen LogP) is 1.78. The number of carboxylic acids is 1. The van der Waals surface area contributed by atoms with Crippen LogP contribution in [0.1, 0.15) is 37.0 Å². The normalized spacial score (nSPS) is 11.1. The van der Waals surface area contributed by atoms with Crippen LogP contribution in [0.25, 0.3) is 0 Å². The highest BCUT2D eigenvalue weighted by molar-refractivity contribution is 5.95. The van der Waals surface area contributed by atoms with Gasteiger partial charge < -0.3 is 16.2 Å². The van der Waals surface area contributed by atoms with Gasteiger partial charge in [-0.15, -0.1) is 0 Å². The number of hydrogen-bond acceptors (Lipinski definition) is 3. The standard InChI is InChI=1S/C13H17FN2O3/c1-13(2,6-5-11(17)18)16-12(19)8-3-4-10(15)9(14)7-8/h3-4,7H,5-6,15H2,1-2H3,(H,16,19)(H,17,18). The summed E-state index contributed by atoms with van der Waals surface area (Å²) < 4.78 is 13.2. The minimum atomic E-state index is -0.930. The Labute approximate surface area is 110 Å². The summed E-state index contributed by atoms with van der Waals surface area (Å²) in [6.07, 6.45) is 0.231. The second-order valence-electron chi connectivity index (χ2n) is 4.97. The van der Waals surface area contributed by atoms with E-state index in [-0.39, 0.29) is 24.1 Å². The maximum atomic E-state index is 13.2. The minimum absolute atomic E-state index is 0.0262. The Morgan fingerprint density at radius 1 is 1.42 bits per heavy atom. The van der Waals surface area contributed by atoms with E-state index in [1.165, 1.54) is 12.1 Å². The van der Waals surface area contributed by atoms with Gasteiger partial charge in [0.05, 0.1) is 5.69 Å². The van der Waals surface area contributed by atoms with Gasteiger partial charge >= 0.3 is 5.97 Å². The van der Waals surface area contributed by atoms with E-state index in [0.29, 0.717) is 0 Å². The first-order valence-corrected chi connectivity index (χ1v) is 5.80. The first-order chi connectivity index (χ1) is 8.71. The van der Waals surface area contributed by atoms with Gasteiger partial charge in [0, 0.05) is 17.5 Å². The van der Waals surface area contributed by atoms with E-state index >= 15 is 0 Å². The molecule has 5 nitrogen and oxygen atoms in total. The van der Waals surface area contributed by atoms with E-state index in [4.69, 9.17) is 10.8 Å². The zero-order valence-corrected chi connectivity index (χ0v) is 10.9. The molecular weight excluding hydrogens is 251 g/mol. The van der Waals surface area contributed by atoms with E-state index in [9.17, 15) is 14.0 Å². The number of halogens is 1. The van der Waals surface area contributed by atoms with Gasteiger partial charge in [0.25, 0.3) is 5.91 Å². The lowest BCUT2D eigenvalue weighted by molar-refractivity contribution is -0.137. The SMILES string of the molecule is CC(C)(CCC(=O)O)NC(=O)c1ccc(N)c(F)c1. The molecule has 6 heteroatoms. The zero-order valence-electron chi connectivity index (χ0n) is 10.9. The number of amides is 1. The average Bonchev–Trinajstić information content (AvgIpc) is 2.29. The van der Waals surface area contributed by atoms with Gasteiger partial charge in [0.2, 0.25) is 0 Å². The number of aliphatic carboxylic acids is 1. The fourth-order valence-corrected chi connectivity index (χ4v) is 1.53. The Morgan fingerprint density at radius 3 is 2.58 bits per heavy atom. The molecule has 1 rings (SSSR count). The van der Waals surface area contributed by atoms with E-state index in [1.807, 2.05) is 0 Å². The van der Waals surface area contributed by atoms with Crippen molar-refractivity contribution in [2.45, 2.75) is 32.2 Å². The molecule has 0 bridgehead atoms. The van der Waals surface area contributed by atoms with Crippen LogP contribution in [0.3, 0.4) is 0 Å². The van der Waals surface area contributed by atoms with Crippen LogP contribution in [0.4, 0.5) is 10.1 Å². The van der Waals surface area contributed by atoms with Crippen molar-refractivity contribution in [3.05, 3.63) is 29.6 Å². The van der Waals surface area contributed by atoms with Crippen LogP contribution in [-0.2, 0) is 4.79 Å². The van der Waals surface area contributed by atoms with Crippen molar-refractivity contribution >= 4 is 17.6 Å². The Bertz CT molecular complexity index is 501. The molecular formula is C13H17FN2O3. The second kappa shape index (κ2) is 5.69. The van der Waals surface area contributed by atoms with Crippen molar-refractivity contribution in [2.24, 2.45) is 0 Å². The molecule has 104 valence electrons. The number of hydrogen-bond donors (Lipinski definition) is 3. The maximum Gasteiger partial charge on any atom is 0.303 e. The average molecular weight is 268 g/mol. The number of benzene rings is 1. The quantitative estimate of drug-likeness (QED) is 0.710. The molecule has 4 N–H and O–H groups in total. The molecule has 0 spiro atoms. The van der Waals surface area contributed by atoms with Gasteiger partial charge in [0.1, 0.15) is 5.82 Å². The van der Waals surface area contributed by atoms with Gasteiger partial charge in [-0.05, 0) is 38.5 Å². The smallest absolute Gasteiger partial charge is 0.303 e. The van der Waals surface area contributed by atoms with E-state index in [1.54, 1.807) is 13.8 Å². The number of carboxylic acid groups (broad SMARTS) is 1. The fourth-order valence-electron chi connectivity index (χ4n) is 1.53. The largest absolute Gasteiger partial charge is 0.481 e. The van der Waals surface area contributed by atoms with Gasteiger partial charge in [-0.3, -0.25) is 9.59 Å². The number of rotatable bonds is 5. The molecule has 0 aliphatic heterocycles. The molecule has 0 unspecified atom stereocenters. The second-order valence-corrected chi connectivity index (χ2v) is 4.97. The summed E-state index contributed by atoms with van der Waals surface area (Å²) in [4.78, 5) is 22.4. The number of anilines is 1. The molecule has 0 fully saturated rings. The molecule has 0 atom stereocenters. The van der Waals surface area contributed by atoms with E-state index in [0.717, 1.165) is 6.07 Å². The summed E-state index contributed by atoms with van der Waals surface area (Å²) in [7, 11) is 0. The third-order valence-electron chi connectivity index (χ3n) is 2.68. The third kappa shape index (κ3) is 4.57. The van der Waals surface area contributed by atoms with Crippen molar-refractivity contribution in [1.82, 2.24) is 5.32 Å². The fraction of sp³-hybridized carbons (Fsp3) is 0.385. The van der Waals surface area contributed by atoms with Crippen LogP contribution >= 0.6 is 0 Å². The number of carbonyl (C=O) groups excluding carboxylic acids is 1. The maximum absolute atomic E-state index is 13.2. The molecule has 19 heavy (non-hydrogen) atoms. The zero-order chi connectivity index (χ0) is 14.6. The third-order valence-corrected chi connectivity index (χ3v) is 2.68. The first-order valence-electron chi connectivity index (χ1n) is 5.80. The van der Waals surface area contributed by atoms with Crippen molar-refractivity contribution in [3.63, 3.8) is 0 Å². The van der Waals surface area contributed by atoms with E-state index in [2.05, 4.69) is 5.32 Å². The van der Waals surface area contributed by atoms with Crippen LogP contribution in [0, 0.1) is 5.82 Å². The Hall–Kier alpha value is -2.11. The van der Waals surface area contributed by atoms with Crippen LogP contribution in [0.15, 0.2) is 18.2 Å². The lowest BCUT2D eigenvalue weighted by Crippen LogP contribution is -2.43. The molecule has 0 radical (unpaired) electrons. The lowest BCUT2D eigenvalue weighted by atomic mass is 9.97. The molecule has 0 aromatic heterocycles. The Balaban J connectivity index is 2.72. The van der Waals surface area contributed by atoms with Crippen LogP contribution in [0.2, 0.25) is 0 Å². The topological polar surface area (TPSA) is 92.4 Å². The summed E-state index contributed by atoms with van der Waals surface area (Å²) in [5.74, 6) is -2.05. The molecule has 1 amide bonds.